The topological polar surface area (TPSA) is 32.8 Å². The summed E-state index contributed by atoms with van der Waals surface area (Å²) >= 11 is 0. The third kappa shape index (κ3) is 5.53. The van der Waals surface area contributed by atoms with Crippen molar-refractivity contribution in [2.75, 3.05) is 20.1 Å². The van der Waals surface area contributed by atoms with Gasteiger partial charge < -0.3 is 9.64 Å². The Balaban J connectivity index is 1.37. The Bertz CT molecular complexity index is 899. The maximum Gasteiger partial charge on any atom is 0.410 e. The van der Waals surface area contributed by atoms with Gasteiger partial charge in [0.25, 0.3) is 0 Å². The Morgan fingerprint density at radius 2 is 1.35 bits per heavy atom. The predicted octanol–water partition coefficient (Wildman–Crippen LogP) is 5.51. The number of piperidine rings is 1. The molecule has 0 atom stereocenters. The summed E-state index contributed by atoms with van der Waals surface area (Å²) in [6.07, 6.45) is 1.44. The van der Waals surface area contributed by atoms with Crippen molar-refractivity contribution < 1.29 is 9.53 Å². The average Bonchev–Trinajstić information content (AvgIpc) is 2.82. The van der Waals surface area contributed by atoms with Crippen molar-refractivity contribution in [3.05, 3.63) is 108 Å². The second-order valence-electron chi connectivity index (χ2n) is 8.18. The number of nitrogens with zero attached hydrogens (tertiary/aromatic N) is 2. The molecule has 0 aromatic heterocycles. The van der Waals surface area contributed by atoms with Crippen molar-refractivity contribution in [2.24, 2.45) is 0 Å². The quantitative estimate of drug-likeness (QED) is 0.533. The molecule has 0 saturated carbocycles. The number of carbonyl (C=O) groups is 1. The first-order valence-corrected chi connectivity index (χ1v) is 11.0. The van der Waals surface area contributed by atoms with Crippen LogP contribution in [-0.4, -0.2) is 42.1 Å². The molecule has 0 unspecified atom stereocenters. The molecule has 1 fully saturated rings. The highest BCUT2D eigenvalue weighted by molar-refractivity contribution is 5.69. The molecule has 4 nitrogen and oxygen atoms in total. The lowest BCUT2D eigenvalue weighted by atomic mass is 9.98. The van der Waals surface area contributed by atoms with E-state index >= 15 is 0 Å². The van der Waals surface area contributed by atoms with Crippen LogP contribution in [0.25, 0.3) is 0 Å². The van der Waals surface area contributed by atoms with Crippen LogP contribution in [0.1, 0.15) is 35.6 Å². The number of hydrogen-bond acceptors (Lipinski definition) is 3. The summed E-state index contributed by atoms with van der Waals surface area (Å²) in [5.41, 5.74) is 3.47. The zero-order chi connectivity index (χ0) is 21.5. The number of benzene rings is 3. The van der Waals surface area contributed by atoms with E-state index < -0.39 is 0 Å². The molecule has 0 radical (unpaired) electrons. The average molecular weight is 415 g/mol. The van der Waals surface area contributed by atoms with Crippen molar-refractivity contribution >= 4 is 6.09 Å². The molecule has 1 saturated heterocycles. The molecule has 31 heavy (non-hydrogen) atoms. The molecule has 4 rings (SSSR count). The number of rotatable bonds is 6. The fraction of sp³-hybridized carbons (Fsp3) is 0.296. The molecule has 3 aromatic carbocycles. The number of carbonyl (C=O) groups excluding carboxylic acids is 1. The van der Waals surface area contributed by atoms with Crippen LogP contribution in [0.3, 0.4) is 0 Å². The second kappa shape index (κ2) is 10.3. The van der Waals surface area contributed by atoms with Gasteiger partial charge in [-0.1, -0.05) is 91.0 Å². The van der Waals surface area contributed by atoms with Gasteiger partial charge in [0.15, 0.2) is 0 Å². The zero-order valence-corrected chi connectivity index (χ0v) is 18.1. The van der Waals surface area contributed by atoms with E-state index in [1.165, 1.54) is 5.56 Å². The van der Waals surface area contributed by atoms with Crippen LogP contribution in [0.2, 0.25) is 0 Å². The number of ether oxygens (including phenoxy) is 1. The Hall–Kier alpha value is -3.11. The molecule has 1 aliphatic heterocycles. The molecule has 1 amide bonds. The minimum atomic E-state index is -0.265. The van der Waals surface area contributed by atoms with Crippen LogP contribution in [-0.2, 0) is 11.3 Å². The Morgan fingerprint density at radius 3 is 1.87 bits per heavy atom. The van der Waals surface area contributed by atoms with Gasteiger partial charge in [0.05, 0.1) is 6.04 Å². The van der Waals surface area contributed by atoms with E-state index in [-0.39, 0.29) is 18.2 Å². The van der Waals surface area contributed by atoms with Crippen molar-refractivity contribution in [1.82, 2.24) is 9.80 Å². The molecule has 1 heterocycles. The van der Waals surface area contributed by atoms with Crippen LogP contribution in [0.15, 0.2) is 91.0 Å². The summed E-state index contributed by atoms with van der Waals surface area (Å²) in [7, 11) is 1.83. The lowest BCUT2D eigenvalue weighted by Gasteiger charge is -2.34. The first-order chi connectivity index (χ1) is 15.2. The Kier molecular flexibility index (Phi) is 7.00. The number of amides is 1. The third-order valence-corrected chi connectivity index (χ3v) is 5.96. The normalized spacial score (nSPS) is 15.0. The molecule has 160 valence electrons. The summed E-state index contributed by atoms with van der Waals surface area (Å²) < 4.78 is 5.94. The maximum absolute atomic E-state index is 13.1. The van der Waals surface area contributed by atoms with Gasteiger partial charge in [-0.2, -0.15) is 0 Å². The molecule has 3 aromatic rings. The number of likely N-dealkylation sites (tertiary alicyclic amines) is 1. The van der Waals surface area contributed by atoms with Crippen LogP contribution in [0.4, 0.5) is 4.79 Å². The zero-order valence-electron chi connectivity index (χ0n) is 18.1. The first kappa shape index (κ1) is 21.1. The van der Waals surface area contributed by atoms with E-state index in [1.807, 2.05) is 49.5 Å². The van der Waals surface area contributed by atoms with Gasteiger partial charge in [0.1, 0.15) is 6.10 Å². The molecule has 4 heteroatoms. The van der Waals surface area contributed by atoms with E-state index in [4.69, 9.17) is 4.74 Å². The standard InChI is InChI=1S/C27H30N2O2/c1-28(26(23-13-7-3-8-14-23)24-15-9-4-10-16-24)27(30)31-25-17-19-29(20-18-25)21-22-11-5-2-6-12-22/h2-16,25-26H,17-21H2,1H3. The third-order valence-electron chi connectivity index (χ3n) is 5.96. The van der Waals surface area contributed by atoms with E-state index in [0.29, 0.717) is 0 Å². The highest BCUT2D eigenvalue weighted by Crippen LogP contribution is 2.28. The van der Waals surface area contributed by atoms with Gasteiger partial charge in [0.2, 0.25) is 0 Å². The van der Waals surface area contributed by atoms with Crippen molar-refractivity contribution in [3.8, 4) is 0 Å². The summed E-state index contributed by atoms with van der Waals surface area (Å²) in [4.78, 5) is 17.2. The summed E-state index contributed by atoms with van der Waals surface area (Å²) in [6.45, 7) is 2.83. The van der Waals surface area contributed by atoms with E-state index in [1.54, 1.807) is 4.90 Å². The van der Waals surface area contributed by atoms with Crippen LogP contribution in [0, 0.1) is 0 Å². The molecular formula is C27H30N2O2. The maximum atomic E-state index is 13.1. The highest BCUT2D eigenvalue weighted by atomic mass is 16.6. The lowest BCUT2D eigenvalue weighted by Crippen LogP contribution is -2.40. The molecular weight excluding hydrogens is 384 g/mol. The van der Waals surface area contributed by atoms with Crippen LogP contribution in [0.5, 0.6) is 0 Å². The molecule has 0 N–H and O–H groups in total. The van der Waals surface area contributed by atoms with E-state index in [9.17, 15) is 4.79 Å². The molecule has 0 spiro atoms. The van der Waals surface area contributed by atoms with E-state index in [0.717, 1.165) is 43.6 Å². The van der Waals surface area contributed by atoms with Crippen LogP contribution < -0.4 is 0 Å². The van der Waals surface area contributed by atoms with Gasteiger partial charge in [-0.05, 0) is 29.5 Å². The minimum Gasteiger partial charge on any atom is -0.446 e. The SMILES string of the molecule is CN(C(=O)OC1CCN(Cc2ccccc2)CC1)C(c1ccccc1)c1ccccc1. The predicted molar refractivity (Wildman–Crippen MR) is 124 cm³/mol. The minimum absolute atomic E-state index is 0.0332. The van der Waals surface area contributed by atoms with Crippen molar-refractivity contribution in [3.63, 3.8) is 0 Å². The van der Waals surface area contributed by atoms with Crippen molar-refractivity contribution in [1.29, 1.82) is 0 Å². The molecule has 1 aliphatic rings. The smallest absolute Gasteiger partial charge is 0.410 e. The van der Waals surface area contributed by atoms with Gasteiger partial charge in [-0.15, -0.1) is 0 Å². The van der Waals surface area contributed by atoms with Gasteiger partial charge in [-0.25, -0.2) is 4.79 Å². The van der Waals surface area contributed by atoms with Gasteiger partial charge >= 0.3 is 6.09 Å². The largest absolute Gasteiger partial charge is 0.446 e. The molecule has 0 bridgehead atoms. The monoisotopic (exact) mass is 414 g/mol. The Labute approximate surface area is 185 Å². The van der Waals surface area contributed by atoms with Gasteiger partial charge in [-0.3, -0.25) is 4.90 Å². The fourth-order valence-electron chi connectivity index (χ4n) is 4.27. The summed E-state index contributed by atoms with van der Waals surface area (Å²) in [6, 6.07) is 30.6. The highest BCUT2D eigenvalue weighted by Gasteiger charge is 2.28. The number of hydrogen-bond donors (Lipinski definition) is 0. The molecule has 0 aliphatic carbocycles. The van der Waals surface area contributed by atoms with Crippen LogP contribution >= 0.6 is 0 Å². The summed E-state index contributed by atoms with van der Waals surface area (Å²) in [5, 5.41) is 0. The van der Waals surface area contributed by atoms with Gasteiger partial charge in [0, 0.05) is 26.7 Å². The lowest BCUT2D eigenvalue weighted by molar-refractivity contribution is 0.0268. The Morgan fingerprint density at radius 1 is 0.871 bits per heavy atom. The van der Waals surface area contributed by atoms with E-state index in [2.05, 4.69) is 53.4 Å². The summed E-state index contributed by atoms with van der Waals surface area (Å²) in [5.74, 6) is 0. The van der Waals surface area contributed by atoms with Crippen molar-refractivity contribution in [2.45, 2.75) is 31.5 Å². The second-order valence-corrected chi connectivity index (χ2v) is 8.18. The fourth-order valence-corrected chi connectivity index (χ4v) is 4.27. The first-order valence-electron chi connectivity index (χ1n) is 11.0.